The van der Waals surface area contributed by atoms with E-state index in [1.165, 1.54) is 48.5 Å². The van der Waals surface area contributed by atoms with Crippen LogP contribution in [0.25, 0.3) is 0 Å². The molecule has 1 heterocycles. The number of nitro benzene ring substituents is 1. The molecule has 0 unspecified atom stereocenters. The number of rotatable bonds is 5. The van der Waals surface area contributed by atoms with E-state index >= 15 is 0 Å². The maximum atomic E-state index is 12.4. The summed E-state index contributed by atoms with van der Waals surface area (Å²) < 4.78 is 10.4. The predicted octanol–water partition coefficient (Wildman–Crippen LogP) is 0.644. The number of carbonyl (C=O) groups excluding carboxylic acids is 1. The highest BCUT2D eigenvalue weighted by atomic mass is 16.6. The average molecular weight is 375 g/mol. The molecule has 3 N–H and O–H groups in total. The summed E-state index contributed by atoms with van der Waals surface area (Å²) in [4.78, 5) is 22.6. The van der Waals surface area contributed by atoms with Gasteiger partial charge >= 0.3 is 0 Å². The molecule has 0 saturated carbocycles. The second-order valence-electron chi connectivity index (χ2n) is 6.02. The molecule has 0 aromatic heterocycles. The van der Waals surface area contributed by atoms with Crippen LogP contribution in [0.5, 0.6) is 5.75 Å². The molecule has 1 saturated heterocycles. The van der Waals surface area contributed by atoms with Crippen LogP contribution in [0.3, 0.4) is 0 Å². The molecule has 1 aliphatic heterocycles. The normalized spacial score (nSPS) is 25.0. The van der Waals surface area contributed by atoms with Crippen molar-refractivity contribution in [2.75, 3.05) is 6.61 Å². The van der Waals surface area contributed by atoms with Gasteiger partial charge in [-0.2, -0.15) is 0 Å². The molecule has 1 aliphatic rings. The third kappa shape index (κ3) is 4.12. The number of carbonyl (C=O) groups is 1. The molecule has 2 aromatic rings. The first kappa shape index (κ1) is 18.9. The van der Waals surface area contributed by atoms with Crippen molar-refractivity contribution < 1.29 is 34.5 Å². The molecule has 0 radical (unpaired) electrons. The van der Waals surface area contributed by atoms with Gasteiger partial charge in [0.2, 0.25) is 0 Å². The molecule has 27 heavy (non-hydrogen) atoms. The number of benzene rings is 2. The van der Waals surface area contributed by atoms with E-state index in [0.29, 0.717) is 11.1 Å². The van der Waals surface area contributed by atoms with E-state index < -0.39 is 29.5 Å². The zero-order valence-corrected chi connectivity index (χ0v) is 14.0. The molecular weight excluding hydrogens is 358 g/mol. The standard InChI is InChI=1S/C18H17NO8/c20-14-9-26-18(23)17(16(14)22)27-13-7-3-11(4-8-13)15(21)10-1-5-12(6-2-10)19(24)25/h1-8,14,16-18,20,22-23H,9H2/t14-,16+,17-,18-/m1/s1. The number of nitro groups is 1. The monoisotopic (exact) mass is 375 g/mol. The summed E-state index contributed by atoms with van der Waals surface area (Å²) in [5.41, 5.74) is 0.519. The number of nitrogens with zero attached hydrogens (tertiary/aromatic N) is 1. The topological polar surface area (TPSA) is 139 Å². The quantitative estimate of drug-likeness (QED) is 0.393. The van der Waals surface area contributed by atoms with Gasteiger partial charge in [0.15, 0.2) is 18.2 Å². The highest BCUT2D eigenvalue weighted by Gasteiger charge is 2.39. The number of ether oxygens (including phenoxy) is 2. The van der Waals surface area contributed by atoms with Crippen LogP contribution in [0, 0.1) is 10.1 Å². The highest BCUT2D eigenvalue weighted by molar-refractivity contribution is 6.09. The van der Waals surface area contributed by atoms with Crippen LogP contribution >= 0.6 is 0 Å². The highest BCUT2D eigenvalue weighted by Crippen LogP contribution is 2.23. The van der Waals surface area contributed by atoms with Crippen LogP contribution in [-0.2, 0) is 4.74 Å². The maximum Gasteiger partial charge on any atom is 0.269 e. The van der Waals surface area contributed by atoms with Gasteiger partial charge in [0, 0.05) is 23.3 Å². The fourth-order valence-electron chi connectivity index (χ4n) is 2.65. The van der Waals surface area contributed by atoms with Crippen LogP contribution < -0.4 is 4.74 Å². The summed E-state index contributed by atoms with van der Waals surface area (Å²) in [7, 11) is 0. The largest absolute Gasteiger partial charge is 0.482 e. The van der Waals surface area contributed by atoms with Crippen molar-refractivity contribution in [1.82, 2.24) is 0 Å². The minimum absolute atomic E-state index is 0.107. The van der Waals surface area contributed by atoms with Crippen LogP contribution in [0.4, 0.5) is 5.69 Å². The van der Waals surface area contributed by atoms with Crippen molar-refractivity contribution >= 4 is 11.5 Å². The van der Waals surface area contributed by atoms with Gasteiger partial charge in [-0.1, -0.05) is 0 Å². The van der Waals surface area contributed by atoms with E-state index in [9.17, 15) is 30.2 Å². The molecule has 0 spiro atoms. The SMILES string of the molecule is O=C(c1ccc(O[C@@H]2[C@@H](O)[C@H](O)CO[C@H]2O)cc1)c1ccc([N+](=O)[O-])cc1. The van der Waals surface area contributed by atoms with E-state index in [-0.39, 0.29) is 23.8 Å². The fraction of sp³-hybridized carbons (Fsp3) is 0.278. The van der Waals surface area contributed by atoms with Gasteiger partial charge in [0.05, 0.1) is 11.5 Å². The Hall–Kier alpha value is -2.85. The molecule has 0 aliphatic carbocycles. The summed E-state index contributed by atoms with van der Waals surface area (Å²) in [5, 5.41) is 39.9. The van der Waals surface area contributed by atoms with Gasteiger partial charge in [-0.05, 0) is 36.4 Å². The number of non-ortho nitro benzene ring substituents is 1. The molecule has 0 bridgehead atoms. The number of hydrogen-bond donors (Lipinski definition) is 3. The first-order valence-electron chi connectivity index (χ1n) is 8.08. The Labute approximate surface area is 153 Å². The maximum absolute atomic E-state index is 12.4. The second kappa shape index (κ2) is 7.80. The molecule has 0 amide bonds. The molecule has 1 fully saturated rings. The van der Waals surface area contributed by atoms with E-state index in [0.717, 1.165) is 0 Å². The average Bonchev–Trinajstić information content (AvgIpc) is 2.68. The Kier molecular flexibility index (Phi) is 5.47. The Morgan fingerprint density at radius 1 is 1.04 bits per heavy atom. The molecule has 2 aromatic carbocycles. The second-order valence-corrected chi connectivity index (χ2v) is 6.02. The lowest BCUT2D eigenvalue weighted by molar-refractivity contribution is -0.384. The Morgan fingerprint density at radius 3 is 2.15 bits per heavy atom. The van der Waals surface area contributed by atoms with Gasteiger partial charge < -0.3 is 24.8 Å². The van der Waals surface area contributed by atoms with Crippen molar-refractivity contribution in [1.29, 1.82) is 0 Å². The Bertz CT molecular complexity index is 820. The fourth-order valence-corrected chi connectivity index (χ4v) is 2.65. The summed E-state index contributed by atoms with van der Waals surface area (Å²) >= 11 is 0. The third-order valence-corrected chi connectivity index (χ3v) is 4.18. The van der Waals surface area contributed by atoms with Crippen molar-refractivity contribution in [3.05, 3.63) is 69.8 Å². The van der Waals surface area contributed by atoms with Gasteiger partial charge in [-0.25, -0.2) is 0 Å². The van der Waals surface area contributed by atoms with Crippen molar-refractivity contribution in [3.8, 4) is 5.75 Å². The van der Waals surface area contributed by atoms with E-state index in [4.69, 9.17) is 9.47 Å². The Morgan fingerprint density at radius 2 is 1.59 bits per heavy atom. The van der Waals surface area contributed by atoms with Crippen LogP contribution in [-0.4, -0.2) is 57.2 Å². The third-order valence-electron chi connectivity index (χ3n) is 4.18. The van der Waals surface area contributed by atoms with Crippen molar-refractivity contribution in [2.45, 2.75) is 24.6 Å². The number of aliphatic hydroxyl groups is 3. The number of aliphatic hydroxyl groups excluding tert-OH is 3. The minimum atomic E-state index is -1.40. The van der Waals surface area contributed by atoms with Crippen molar-refractivity contribution in [3.63, 3.8) is 0 Å². The lowest BCUT2D eigenvalue weighted by Crippen LogP contribution is -2.55. The van der Waals surface area contributed by atoms with Crippen LogP contribution in [0.15, 0.2) is 48.5 Å². The lowest BCUT2D eigenvalue weighted by Gasteiger charge is -2.35. The van der Waals surface area contributed by atoms with E-state index in [1.807, 2.05) is 0 Å². The minimum Gasteiger partial charge on any atom is -0.482 e. The zero-order valence-electron chi connectivity index (χ0n) is 14.0. The predicted molar refractivity (Wildman–Crippen MR) is 91.4 cm³/mol. The molecular formula is C18H17NO8. The van der Waals surface area contributed by atoms with Crippen LogP contribution in [0.2, 0.25) is 0 Å². The molecule has 3 rings (SSSR count). The van der Waals surface area contributed by atoms with Crippen molar-refractivity contribution in [2.24, 2.45) is 0 Å². The lowest BCUT2D eigenvalue weighted by atomic mass is 10.0. The smallest absolute Gasteiger partial charge is 0.269 e. The molecule has 9 heteroatoms. The Balaban J connectivity index is 1.71. The molecule has 9 nitrogen and oxygen atoms in total. The summed E-state index contributed by atoms with van der Waals surface area (Å²) in [6.07, 6.45) is -5.08. The first-order valence-corrected chi connectivity index (χ1v) is 8.08. The number of ketones is 1. The summed E-state index contributed by atoms with van der Waals surface area (Å²) in [5.74, 6) is -0.0658. The van der Waals surface area contributed by atoms with E-state index in [1.54, 1.807) is 0 Å². The van der Waals surface area contributed by atoms with Gasteiger partial charge in [-0.3, -0.25) is 14.9 Å². The van der Waals surface area contributed by atoms with Gasteiger partial charge in [-0.15, -0.1) is 0 Å². The summed E-state index contributed by atoms with van der Waals surface area (Å²) in [6.45, 7) is -0.204. The van der Waals surface area contributed by atoms with Crippen LogP contribution in [0.1, 0.15) is 15.9 Å². The van der Waals surface area contributed by atoms with Gasteiger partial charge in [0.25, 0.3) is 5.69 Å². The van der Waals surface area contributed by atoms with E-state index in [2.05, 4.69) is 0 Å². The zero-order chi connectivity index (χ0) is 19.6. The molecule has 4 atom stereocenters. The molecule has 142 valence electrons. The summed E-state index contributed by atoms with van der Waals surface area (Å²) in [6, 6.07) is 11.2. The first-order chi connectivity index (χ1) is 12.9. The number of hydrogen-bond acceptors (Lipinski definition) is 8. The van der Waals surface area contributed by atoms with Gasteiger partial charge in [0.1, 0.15) is 18.0 Å².